The van der Waals surface area contributed by atoms with Gasteiger partial charge in [0, 0.05) is 6.04 Å². The minimum atomic E-state index is -0.231. The molecule has 1 fully saturated rings. The van der Waals surface area contributed by atoms with Crippen molar-refractivity contribution in [2.24, 2.45) is 11.7 Å². The summed E-state index contributed by atoms with van der Waals surface area (Å²) in [6.07, 6.45) is 4.59. The van der Waals surface area contributed by atoms with Crippen LogP contribution >= 0.6 is 0 Å². The van der Waals surface area contributed by atoms with E-state index in [1.165, 1.54) is 25.0 Å². The van der Waals surface area contributed by atoms with Crippen molar-refractivity contribution >= 4 is 0 Å². The molecule has 88 valence electrons. The number of hydrogen-bond acceptors (Lipinski definition) is 2. The molecular weight excluding hydrogens is 205 g/mol. The maximum absolute atomic E-state index is 12.6. The lowest BCUT2D eigenvalue weighted by molar-refractivity contribution is 0.271. The number of halogens is 1. The molecule has 2 N–H and O–H groups in total. The van der Waals surface area contributed by atoms with Crippen molar-refractivity contribution in [3.05, 3.63) is 30.1 Å². The van der Waals surface area contributed by atoms with Gasteiger partial charge < -0.3 is 10.5 Å². The Hall–Kier alpha value is -1.09. The molecule has 3 heteroatoms. The van der Waals surface area contributed by atoms with Gasteiger partial charge in [0.25, 0.3) is 0 Å². The largest absolute Gasteiger partial charge is 0.494 e. The van der Waals surface area contributed by atoms with Crippen LogP contribution in [0.1, 0.15) is 25.7 Å². The Bertz CT molecular complexity index is 325. The molecule has 1 saturated carbocycles. The summed E-state index contributed by atoms with van der Waals surface area (Å²) in [7, 11) is 0. The zero-order valence-electron chi connectivity index (χ0n) is 9.36. The summed E-state index contributed by atoms with van der Waals surface area (Å²) in [5.41, 5.74) is 5.97. The highest BCUT2D eigenvalue weighted by Gasteiger charge is 2.23. The van der Waals surface area contributed by atoms with E-state index in [0.717, 1.165) is 18.6 Å². The van der Waals surface area contributed by atoms with E-state index in [4.69, 9.17) is 10.5 Å². The van der Waals surface area contributed by atoms with Crippen LogP contribution in [0.4, 0.5) is 4.39 Å². The van der Waals surface area contributed by atoms with Gasteiger partial charge in [-0.15, -0.1) is 0 Å². The highest BCUT2D eigenvalue weighted by atomic mass is 19.1. The van der Waals surface area contributed by atoms with E-state index < -0.39 is 0 Å². The standard InChI is InChI=1S/C13H18FNO/c14-11-4-6-12(7-5-11)16-9-8-10-2-1-3-13(10)15/h4-7,10,13H,1-3,8-9,15H2. The number of ether oxygens (including phenoxy) is 1. The van der Waals surface area contributed by atoms with Crippen LogP contribution in [0, 0.1) is 11.7 Å². The second kappa shape index (κ2) is 5.30. The summed E-state index contributed by atoms with van der Waals surface area (Å²) in [5.74, 6) is 1.10. The molecular formula is C13H18FNO. The zero-order valence-corrected chi connectivity index (χ0v) is 9.36. The topological polar surface area (TPSA) is 35.2 Å². The smallest absolute Gasteiger partial charge is 0.123 e. The molecule has 0 aliphatic heterocycles. The molecule has 1 aromatic carbocycles. The summed E-state index contributed by atoms with van der Waals surface area (Å²) in [6, 6.07) is 6.48. The third-order valence-corrected chi connectivity index (χ3v) is 3.29. The fourth-order valence-electron chi connectivity index (χ4n) is 2.28. The van der Waals surface area contributed by atoms with Gasteiger partial charge in [0.2, 0.25) is 0 Å². The first-order chi connectivity index (χ1) is 7.75. The monoisotopic (exact) mass is 223 g/mol. The van der Waals surface area contributed by atoms with Gasteiger partial charge in [0.05, 0.1) is 6.61 Å². The Morgan fingerprint density at radius 1 is 1.25 bits per heavy atom. The quantitative estimate of drug-likeness (QED) is 0.851. The first-order valence-corrected chi connectivity index (χ1v) is 5.89. The maximum Gasteiger partial charge on any atom is 0.123 e. The normalized spacial score (nSPS) is 24.6. The fourth-order valence-corrected chi connectivity index (χ4v) is 2.28. The number of rotatable bonds is 4. The third-order valence-electron chi connectivity index (χ3n) is 3.29. The van der Waals surface area contributed by atoms with Gasteiger partial charge in [-0.05, 0) is 49.4 Å². The van der Waals surface area contributed by atoms with Crippen molar-refractivity contribution in [1.29, 1.82) is 0 Å². The first-order valence-electron chi connectivity index (χ1n) is 5.89. The van der Waals surface area contributed by atoms with Gasteiger partial charge in [0.1, 0.15) is 11.6 Å². The second-order valence-electron chi connectivity index (χ2n) is 4.45. The second-order valence-corrected chi connectivity index (χ2v) is 4.45. The van der Waals surface area contributed by atoms with Crippen molar-refractivity contribution in [2.75, 3.05) is 6.61 Å². The predicted octanol–water partition coefficient (Wildman–Crippen LogP) is 2.72. The van der Waals surface area contributed by atoms with Crippen molar-refractivity contribution < 1.29 is 9.13 Å². The molecule has 2 atom stereocenters. The van der Waals surface area contributed by atoms with E-state index in [9.17, 15) is 4.39 Å². The van der Waals surface area contributed by atoms with Crippen LogP contribution in [-0.4, -0.2) is 12.6 Å². The summed E-state index contributed by atoms with van der Waals surface area (Å²) >= 11 is 0. The van der Waals surface area contributed by atoms with Crippen molar-refractivity contribution in [3.63, 3.8) is 0 Å². The molecule has 0 bridgehead atoms. The zero-order chi connectivity index (χ0) is 11.4. The summed E-state index contributed by atoms with van der Waals surface area (Å²) in [5, 5.41) is 0. The number of hydrogen-bond donors (Lipinski definition) is 1. The van der Waals surface area contributed by atoms with Crippen molar-refractivity contribution in [2.45, 2.75) is 31.7 Å². The van der Waals surface area contributed by atoms with E-state index in [0.29, 0.717) is 18.6 Å². The van der Waals surface area contributed by atoms with Gasteiger partial charge in [0.15, 0.2) is 0 Å². The summed E-state index contributed by atoms with van der Waals surface area (Å²) in [6.45, 7) is 0.671. The molecule has 0 spiro atoms. The fraction of sp³-hybridized carbons (Fsp3) is 0.538. The van der Waals surface area contributed by atoms with Crippen molar-refractivity contribution in [3.8, 4) is 5.75 Å². The minimum absolute atomic E-state index is 0.231. The van der Waals surface area contributed by atoms with Crippen LogP contribution in [0.2, 0.25) is 0 Å². The average molecular weight is 223 g/mol. The van der Waals surface area contributed by atoms with Gasteiger partial charge in [-0.2, -0.15) is 0 Å². The lowest BCUT2D eigenvalue weighted by Gasteiger charge is -2.15. The lowest BCUT2D eigenvalue weighted by Crippen LogP contribution is -2.25. The van der Waals surface area contributed by atoms with Crippen LogP contribution in [0.3, 0.4) is 0 Å². The molecule has 1 aliphatic carbocycles. The van der Waals surface area contributed by atoms with Gasteiger partial charge in [-0.3, -0.25) is 0 Å². The third kappa shape index (κ3) is 2.95. The van der Waals surface area contributed by atoms with E-state index in [1.54, 1.807) is 12.1 Å². The highest BCUT2D eigenvalue weighted by Crippen LogP contribution is 2.26. The molecule has 0 saturated heterocycles. The average Bonchev–Trinajstić information content (AvgIpc) is 2.68. The lowest BCUT2D eigenvalue weighted by atomic mass is 10.0. The molecule has 2 nitrogen and oxygen atoms in total. The van der Waals surface area contributed by atoms with Crippen molar-refractivity contribution in [1.82, 2.24) is 0 Å². The molecule has 0 amide bonds. The molecule has 2 unspecified atom stereocenters. The minimum Gasteiger partial charge on any atom is -0.494 e. The summed E-state index contributed by atoms with van der Waals surface area (Å²) < 4.78 is 18.2. The molecule has 0 heterocycles. The number of benzene rings is 1. The van der Waals surface area contributed by atoms with Gasteiger partial charge in [-0.25, -0.2) is 4.39 Å². The molecule has 0 aromatic heterocycles. The van der Waals surface area contributed by atoms with Crippen LogP contribution in [0.25, 0.3) is 0 Å². The Morgan fingerprint density at radius 2 is 2.00 bits per heavy atom. The Kier molecular flexibility index (Phi) is 3.78. The van der Waals surface area contributed by atoms with Crippen LogP contribution in [0.5, 0.6) is 5.75 Å². The molecule has 1 aliphatic rings. The van der Waals surface area contributed by atoms with E-state index >= 15 is 0 Å². The molecule has 0 radical (unpaired) electrons. The maximum atomic E-state index is 12.6. The Labute approximate surface area is 95.6 Å². The van der Waals surface area contributed by atoms with E-state index in [-0.39, 0.29) is 5.82 Å². The molecule has 16 heavy (non-hydrogen) atoms. The first kappa shape index (κ1) is 11.4. The Morgan fingerprint density at radius 3 is 2.62 bits per heavy atom. The molecule has 2 rings (SSSR count). The SMILES string of the molecule is NC1CCCC1CCOc1ccc(F)cc1. The highest BCUT2D eigenvalue weighted by molar-refractivity contribution is 5.21. The van der Waals surface area contributed by atoms with Crippen LogP contribution in [0.15, 0.2) is 24.3 Å². The number of nitrogens with two attached hydrogens (primary N) is 1. The van der Waals surface area contributed by atoms with Crippen LogP contribution < -0.4 is 10.5 Å². The Balaban J connectivity index is 1.73. The predicted molar refractivity (Wildman–Crippen MR) is 61.8 cm³/mol. The van der Waals surface area contributed by atoms with Crippen LogP contribution in [-0.2, 0) is 0 Å². The molecule has 1 aromatic rings. The summed E-state index contributed by atoms with van der Waals surface area (Å²) in [4.78, 5) is 0. The van der Waals surface area contributed by atoms with Gasteiger partial charge in [-0.1, -0.05) is 6.42 Å². The van der Waals surface area contributed by atoms with E-state index in [1.807, 2.05) is 0 Å². The van der Waals surface area contributed by atoms with Gasteiger partial charge >= 0.3 is 0 Å². The van der Waals surface area contributed by atoms with E-state index in [2.05, 4.69) is 0 Å².